The second-order valence-electron chi connectivity index (χ2n) is 4.78. The number of fused-ring (bicyclic) bond motifs is 1. The fourth-order valence-electron chi connectivity index (χ4n) is 2.35. The number of hydrogen-bond donors (Lipinski definition) is 1. The van der Waals surface area contributed by atoms with E-state index in [1.807, 2.05) is 17.2 Å². The molecular formula is C14H20BrClN2OS. The molecule has 2 rings (SSSR count). The highest BCUT2D eigenvalue weighted by atomic mass is 79.9. The lowest BCUT2D eigenvalue weighted by atomic mass is 9.99. The van der Waals surface area contributed by atoms with Crippen LogP contribution in [-0.2, 0) is 17.8 Å². The normalized spacial score (nSPS) is 15.2. The van der Waals surface area contributed by atoms with Crippen molar-refractivity contribution >= 4 is 46.0 Å². The zero-order valence-corrected chi connectivity index (χ0v) is 14.7. The molecule has 1 atom stereocenters. The fraction of sp³-hybridized carbons (Fsp3) is 0.500. The smallest absolute Gasteiger partial charge is 0.239 e. The van der Waals surface area contributed by atoms with Crippen molar-refractivity contribution in [2.24, 2.45) is 5.73 Å². The first-order chi connectivity index (χ1) is 9.13. The van der Waals surface area contributed by atoms with E-state index in [4.69, 9.17) is 5.73 Å². The van der Waals surface area contributed by atoms with Gasteiger partial charge in [-0.2, -0.15) is 11.8 Å². The van der Waals surface area contributed by atoms with Gasteiger partial charge in [-0.25, -0.2) is 0 Å². The first kappa shape index (κ1) is 17.8. The molecule has 1 aliphatic rings. The molecule has 0 saturated heterocycles. The molecule has 0 radical (unpaired) electrons. The van der Waals surface area contributed by atoms with Gasteiger partial charge in [-0.15, -0.1) is 12.4 Å². The van der Waals surface area contributed by atoms with E-state index >= 15 is 0 Å². The van der Waals surface area contributed by atoms with Crippen LogP contribution in [0.5, 0.6) is 0 Å². The van der Waals surface area contributed by atoms with Crippen molar-refractivity contribution in [1.82, 2.24) is 4.90 Å². The van der Waals surface area contributed by atoms with Gasteiger partial charge < -0.3 is 10.6 Å². The van der Waals surface area contributed by atoms with Gasteiger partial charge in [-0.05, 0) is 42.0 Å². The Balaban J connectivity index is 0.00000200. The Kier molecular flexibility index (Phi) is 7.37. The maximum Gasteiger partial charge on any atom is 0.239 e. The van der Waals surface area contributed by atoms with Gasteiger partial charge in [0.05, 0.1) is 6.04 Å². The van der Waals surface area contributed by atoms with Gasteiger partial charge in [0.25, 0.3) is 0 Å². The quantitative estimate of drug-likeness (QED) is 0.875. The number of carbonyl (C=O) groups excluding carboxylic acids is 1. The molecule has 20 heavy (non-hydrogen) atoms. The van der Waals surface area contributed by atoms with Crippen LogP contribution in [0.25, 0.3) is 0 Å². The molecule has 0 bridgehead atoms. The molecule has 0 fully saturated rings. The first-order valence-electron chi connectivity index (χ1n) is 6.43. The molecule has 2 N–H and O–H groups in total. The predicted molar refractivity (Wildman–Crippen MR) is 91.5 cm³/mol. The first-order valence-corrected chi connectivity index (χ1v) is 8.61. The largest absolute Gasteiger partial charge is 0.337 e. The molecule has 6 heteroatoms. The van der Waals surface area contributed by atoms with E-state index in [1.165, 1.54) is 11.1 Å². The van der Waals surface area contributed by atoms with Gasteiger partial charge in [-0.3, -0.25) is 4.79 Å². The summed E-state index contributed by atoms with van der Waals surface area (Å²) in [5.41, 5.74) is 8.52. The van der Waals surface area contributed by atoms with Crippen molar-refractivity contribution < 1.29 is 4.79 Å². The SMILES string of the molecule is CSCC[C@H](N)C(=O)N1CCc2c(Br)cccc2C1.Cl. The maximum atomic E-state index is 12.3. The van der Waals surface area contributed by atoms with Gasteiger partial charge in [0, 0.05) is 17.6 Å². The lowest BCUT2D eigenvalue weighted by molar-refractivity contribution is -0.133. The van der Waals surface area contributed by atoms with Gasteiger partial charge in [0.2, 0.25) is 5.91 Å². The number of rotatable bonds is 4. The number of carbonyl (C=O) groups is 1. The second kappa shape index (κ2) is 8.27. The zero-order chi connectivity index (χ0) is 13.8. The summed E-state index contributed by atoms with van der Waals surface area (Å²) in [6.45, 7) is 1.45. The number of hydrogen-bond acceptors (Lipinski definition) is 3. The Hall–Kier alpha value is -0.230. The summed E-state index contributed by atoms with van der Waals surface area (Å²) in [5.74, 6) is 1.02. The van der Waals surface area contributed by atoms with Crippen LogP contribution in [0.3, 0.4) is 0 Å². The van der Waals surface area contributed by atoms with Gasteiger partial charge in [-0.1, -0.05) is 28.1 Å². The van der Waals surface area contributed by atoms with Crippen LogP contribution in [0.4, 0.5) is 0 Å². The third kappa shape index (κ3) is 4.13. The van der Waals surface area contributed by atoms with Crippen molar-refractivity contribution in [3.05, 3.63) is 33.8 Å². The Morgan fingerprint density at radius 3 is 3.00 bits per heavy atom. The highest BCUT2D eigenvalue weighted by Crippen LogP contribution is 2.26. The lowest BCUT2D eigenvalue weighted by Crippen LogP contribution is -2.46. The van der Waals surface area contributed by atoms with Crippen molar-refractivity contribution in [2.45, 2.75) is 25.4 Å². The monoisotopic (exact) mass is 378 g/mol. The van der Waals surface area contributed by atoms with Gasteiger partial charge in [0.15, 0.2) is 0 Å². The molecule has 1 aromatic rings. The molecule has 3 nitrogen and oxygen atoms in total. The summed E-state index contributed by atoms with van der Waals surface area (Å²) >= 11 is 5.30. The maximum absolute atomic E-state index is 12.3. The molecule has 1 aliphatic heterocycles. The van der Waals surface area contributed by atoms with E-state index in [2.05, 4.69) is 28.1 Å². The van der Waals surface area contributed by atoms with Crippen LogP contribution >= 0.6 is 40.1 Å². The number of halogens is 2. The second-order valence-corrected chi connectivity index (χ2v) is 6.62. The average Bonchev–Trinajstić information content (AvgIpc) is 2.43. The summed E-state index contributed by atoms with van der Waals surface area (Å²) in [4.78, 5) is 14.2. The standard InChI is InChI=1S/C14H19BrN2OS.ClH/c1-19-8-6-13(16)14(18)17-7-5-11-10(9-17)3-2-4-12(11)15;/h2-4,13H,5-9,16H2,1H3;1H/t13-;/m0./s1. The van der Waals surface area contributed by atoms with Crippen molar-refractivity contribution in [3.63, 3.8) is 0 Å². The van der Waals surface area contributed by atoms with Crippen molar-refractivity contribution in [2.75, 3.05) is 18.6 Å². The number of nitrogens with two attached hydrogens (primary N) is 1. The third-order valence-electron chi connectivity index (χ3n) is 3.47. The van der Waals surface area contributed by atoms with Crippen LogP contribution in [0.1, 0.15) is 17.5 Å². The number of nitrogens with zero attached hydrogens (tertiary/aromatic N) is 1. The van der Waals surface area contributed by atoms with Crippen LogP contribution < -0.4 is 5.73 Å². The molecule has 0 aliphatic carbocycles. The minimum Gasteiger partial charge on any atom is -0.337 e. The van der Waals surface area contributed by atoms with E-state index in [9.17, 15) is 4.79 Å². The topological polar surface area (TPSA) is 46.3 Å². The highest BCUT2D eigenvalue weighted by molar-refractivity contribution is 9.10. The minimum atomic E-state index is -0.360. The molecule has 1 heterocycles. The molecule has 0 spiro atoms. The molecule has 0 aromatic heterocycles. The summed E-state index contributed by atoms with van der Waals surface area (Å²) in [6, 6.07) is 5.80. The fourth-order valence-corrected chi connectivity index (χ4v) is 3.45. The highest BCUT2D eigenvalue weighted by Gasteiger charge is 2.25. The molecule has 1 aromatic carbocycles. The number of amides is 1. The van der Waals surface area contributed by atoms with E-state index in [-0.39, 0.29) is 24.4 Å². The van der Waals surface area contributed by atoms with Crippen molar-refractivity contribution in [1.29, 1.82) is 0 Å². The van der Waals surface area contributed by atoms with Crippen molar-refractivity contribution in [3.8, 4) is 0 Å². The Morgan fingerprint density at radius 1 is 1.55 bits per heavy atom. The Bertz CT molecular complexity index is 472. The van der Waals surface area contributed by atoms with Gasteiger partial charge >= 0.3 is 0 Å². The lowest BCUT2D eigenvalue weighted by Gasteiger charge is -2.31. The third-order valence-corrected chi connectivity index (χ3v) is 4.86. The van der Waals surface area contributed by atoms with Crippen LogP contribution in [0.15, 0.2) is 22.7 Å². The average molecular weight is 380 g/mol. The van der Waals surface area contributed by atoms with E-state index < -0.39 is 0 Å². The summed E-state index contributed by atoms with van der Waals surface area (Å²) in [6.07, 6.45) is 3.69. The van der Waals surface area contributed by atoms with Crippen LogP contribution in [0, 0.1) is 0 Å². The molecule has 0 saturated carbocycles. The van der Waals surface area contributed by atoms with E-state index in [0.29, 0.717) is 6.54 Å². The van der Waals surface area contributed by atoms with Crippen LogP contribution in [0.2, 0.25) is 0 Å². The summed E-state index contributed by atoms with van der Waals surface area (Å²) in [7, 11) is 0. The molecular weight excluding hydrogens is 360 g/mol. The summed E-state index contributed by atoms with van der Waals surface area (Å²) < 4.78 is 1.14. The molecule has 0 unspecified atom stereocenters. The number of benzene rings is 1. The van der Waals surface area contributed by atoms with Gasteiger partial charge in [0.1, 0.15) is 0 Å². The zero-order valence-electron chi connectivity index (χ0n) is 11.5. The van der Waals surface area contributed by atoms with E-state index in [0.717, 1.165) is 29.6 Å². The Labute approximate surface area is 139 Å². The molecule has 1 amide bonds. The Morgan fingerprint density at radius 2 is 2.30 bits per heavy atom. The molecule has 112 valence electrons. The minimum absolute atomic E-state index is 0. The van der Waals surface area contributed by atoms with E-state index in [1.54, 1.807) is 11.8 Å². The predicted octanol–water partition coefficient (Wildman–Crippen LogP) is 2.84. The van der Waals surface area contributed by atoms with Crippen LogP contribution in [-0.4, -0.2) is 35.4 Å². The number of thioether (sulfide) groups is 1. The summed E-state index contributed by atoms with van der Waals surface area (Å²) in [5, 5.41) is 0.